The van der Waals surface area contributed by atoms with E-state index in [-0.39, 0.29) is 0 Å². The van der Waals surface area contributed by atoms with Crippen molar-refractivity contribution >= 4 is 20.7 Å². The summed E-state index contributed by atoms with van der Waals surface area (Å²) in [5, 5.41) is 4.19. The fraction of sp³-hybridized carbons (Fsp3) is 0. The molecule has 0 unspecified atom stereocenters. The van der Waals surface area contributed by atoms with Gasteiger partial charge in [-0.15, -0.1) is 0 Å². The summed E-state index contributed by atoms with van der Waals surface area (Å²) in [6.45, 7) is 0. The Morgan fingerprint density at radius 1 is 0.900 bits per heavy atom. The van der Waals surface area contributed by atoms with Gasteiger partial charge in [0, 0.05) is 23.2 Å². The fourth-order valence-electron chi connectivity index (χ4n) is 0.765. The topological polar surface area (TPSA) is 31.6 Å². The Bertz CT molecular complexity index is 253. The average Bonchev–Trinajstić information content (AvgIpc) is 2.05. The molecule has 2 aliphatic rings. The zero-order chi connectivity index (χ0) is 6.81. The molecule has 10 heavy (non-hydrogen) atoms. The van der Waals surface area contributed by atoms with Crippen molar-refractivity contribution in [2.75, 3.05) is 0 Å². The van der Waals surface area contributed by atoms with E-state index in [1.807, 2.05) is 12.4 Å². The first-order chi connectivity index (χ1) is 4.97. The van der Waals surface area contributed by atoms with Crippen molar-refractivity contribution in [3.8, 4) is 11.4 Å². The third kappa shape index (κ3) is 0.955. The van der Waals surface area contributed by atoms with Crippen molar-refractivity contribution in [1.29, 1.82) is 0 Å². The molecular formula is C6H6N2S2. The summed E-state index contributed by atoms with van der Waals surface area (Å²) in [6, 6.07) is 0. The van der Waals surface area contributed by atoms with Crippen molar-refractivity contribution in [1.82, 2.24) is 9.97 Å². The van der Waals surface area contributed by atoms with E-state index in [4.69, 9.17) is 0 Å². The molecular weight excluding hydrogens is 164 g/mol. The van der Waals surface area contributed by atoms with Gasteiger partial charge in [-0.05, 0) is 0 Å². The first-order valence-electron chi connectivity index (χ1n) is 2.88. The molecule has 0 aromatic carbocycles. The number of aromatic nitrogens is 2. The summed E-state index contributed by atoms with van der Waals surface area (Å²) in [5.41, 5.74) is 2.32. The molecule has 52 valence electrons. The lowest BCUT2D eigenvalue weighted by molar-refractivity contribution is 1.21. The number of fused-ring (bicyclic) bond motifs is 1. The van der Waals surface area contributed by atoms with Crippen LogP contribution >= 0.6 is 20.7 Å². The SMILES string of the molecule is c1c[nH]c2csscc-2[nH]1. The fourth-order valence-corrected chi connectivity index (χ4v) is 2.37. The smallest absolute Gasteiger partial charge is 0.0736 e. The van der Waals surface area contributed by atoms with Gasteiger partial charge in [-0.3, -0.25) is 0 Å². The molecule has 2 rings (SSSR count). The molecule has 4 heteroatoms. The molecule has 0 radical (unpaired) electrons. The highest BCUT2D eigenvalue weighted by Crippen LogP contribution is 2.20. The van der Waals surface area contributed by atoms with Crippen LogP contribution in [-0.4, -0.2) is 9.97 Å². The van der Waals surface area contributed by atoms with Gasteiger partial charge in [-0.1, -0.05) is 20.7 Å². The predicted octanol–water partition coefficient (Wildman–Crippen LogP) is 2.69. The highest BCUT2D eigenvalue weighted by molar-refractivity contribution is 7.67. The van der Waals surface area contributed by atoms with Gasteiger partial charge in [0.2, 0.25) is 0 Å². The molecule has 2 heterocycles. The van der Waals surface area contributed by atoms with Crippen molar-refractivity contribution in [2.24, 2.45) is 0 Å². The first-order valence-corrected chi connectivity index (χ1v) is 5.15. The highest BCUT2D eigenvalue weighted by Gasteiger charge is 1.95. The Kier molecular flexibility index (Phi) is 1.49. The van der Waals surface area contributed by atoms with E-state index in [0.29, 0.717) is 0 Å². The number of H-pyrrole nitrogens is 2. The summed E-state index contributed by atoms with van der Waals surface area (Å²) in [6.07, 6.45) is 3.78. The van der Waals surface area contributed by atoms with E-state index >= 15 is 0 Å². The summed E-state index contributed by atoms with van der Waals surface area (Å²) < 4.78 is 0. The largest absolute Gasteiger partial charge is 0.358 e. The quantitative estimate of drug-likeness (QED) is 0.570. The average molecular weight is 170 g/mol. The molecule has 0 saturated heterocycles. The van der Waals surface area contributed by atoms with Gasteiger partial charge in [0.25, 0.3) is 0 Å². The molecule has 0 saturated carbocycles. The Labute approximate surface area is 65.6 Å². The second-order valence-corrected chi connectivity index (χ2v) is 3.89. The number of aromatic amines is 2. The van der Waals surface area contributed by atoms with Crippen LogP contribution in [0.3, 0.4) is 0 Å². The van der Waals surface area contributed by atoms with Crippen LogP contribution in [0.5, 0.6) is 0 Å². The Balaban J connectivity index is 2.77. The van der Waals surface area contributed by atoms with E-state index in [1.165, 1.54) is 0 Å². The third-order valence-electron chi connectivity index (χ3n) is 1.24. The normalized spacial score (nSPS) is 10.0. The summed E-state index contributed by atoms with van der Waals surface area (Å²) in [4.78, 5) is 6.27. The molecule has 0 aromatic rings. The lowest BCUT2D eigenvalue weighted by atomic mass is 10.4. The molecule has 0 amide bonds. The van der Waals surface area contributed by atoms with Gasteiger partial charge in [-0.25, -0.2) is 0 Å². The maximum absolute atomic E-state index is 3.14. The second-order valence-electron chi connectivity index (χ2n) is 1.88. The van der Waals surface area contributed by atoms with Crippen LogP contribution in [0.1, 0.15) is 0 Å². The van der Waals surface area contributed by atoms with Crippen LogP contribution < -0.4 is 0 Å². The van der Waals surface area contributed by atoms with Gasteiger partial charge < -0.3 is 9.97 Å². The summed E-state index contributed by atoms with van der Waals surface area (Å²) >= 11 is 0. The maximum atomic E-state index is 3.14. The van der Waals surface area contributed by atoms with Crippen LogP contribution in [-0.2, 0) is 0 Å². The standard InChI is InChI=1S/C6H6N2S2/c1-2-8-6-4-10-9-3-5(6)7-1/h1-4,7-8H. The molecule has 0 aliphatic carbocycles. The second kappa shape index (κ2) is 2.48. The summed E-state index contributed by atoms with van der Waals surface area (Å²) in [5.74, 6) is 0. The third-order valence-corrected chi connectivity index (χ3v) is 2.92. The van der Waals surface area contributed by atoms with E-state index in [2.05, 4.69) is 20.7 Å². The van der Waals surface area contributed by atoms with Crippen molar-refractivity contribution in [3.63, 3.8) is 0 Å². The van der Waals surface area contributed by atoms with Crippen LogP contribution in [0.25, 0.3) is 11.4 Å². The van der Waals surface area contributed by atoms with Gasteiger partial charge in [0.05, 0.1) is 11.4 Å². The lowest BCUT2D eigenvalue weighted by Gasteiger charge is -2.00. The van der Waals surface area contributed by atoms with Crippen LogP contribution in [0.4, 0.5) is 0 Å². The number of hydrogen-bond acceptors (Lipinski definition) is 2. The molecule has 0 spiro atoms. The van der Waals surface area contributed by atoms with Gasteiger partial charge in [0.15, 0.2) is 0 Å². The van der Waals surface area contributed by atoms with Crippen molar-refractivity contribution < 1.29 is 0 Å². The number of hydrogen-bond donors (Lipinski definition) is 2. The molecule has 0 atom stereocenters. The van der Waals surface area contributed by atoms with Crippen LogP contribution in [0.2, 0.25) is 0 Å². The van der Waals surface area contributed by atoms with Gasteiger partial charge >= 0.3 is 0 Å². The molecule has 0 aromatic heterocycles. The maximum Gasteiger partial charge on any atom is 0.0736 e. The zero-order valence-corrected chi connectivity index (χ0v) is 6.76. The Morgan fingerprint density at radius 3 is 1.90 bits per heavy atom. The molecule has 0 fully saturated rings. The monoisotopic (exact) mass is 170 g/mol. The van der Waals surface area contributed by atoms with Gasteiger partial charge in [-0.2, -0.15) is 0 Å². The zero-order valence-electron chi connectivity index (χ0n) is 5.13. The van der Waals surface area contributed by atoms with Crippen LogP contribution in [0, 0.1) is 0 Å². The van der Waals surface area contributed by atoms with Crippen molar-refractivity contribution in [2.45, 2.75) is 0 Å². The van der Waals surface area contributed by atoms with E-state index in [1.54, 1.807) is 20.7 Å². The minimum atomic E-state index is 1.16. The number of nitrogens with one attached hydrogen (secondary N) is 2. The molecule has 2 N–H and O–H groups in total. The van der Waals surface area contributed by atoms with E-state index in [9.17, 15) is 0 Å². The Morgan fingerprint density at radius 2 is 1.40 bits per heavy atom. The van der Waals surface area contributed by atoms with Crippen molar-refractivity contribution in [3.05, 3.63) is 23.2 Å². The first kappa shape index (κ1) is 6.00. The minimum absolute atomic E-state index is 1.16. The molecule has 0 bridgehead atoms. The molecule has 2 aliphatic heterocycles. The van der Waals surface area contributed by atoms with E-state index < -0.39 is 0 Å². The Hall–Kier alpha value is -0.740. The number of rotatable bonds is 0. The van der Waals surface area contributed by atoms with Crippen LogP contribution in [0.15, 0.2) is 23.2 Å². The summed E-state index contributed by atoms with van der Waals surface area (Å²) in [7, 11) is 3.44. The minimum Gasteiger partial charge on any atom is -0.358 e. The molecule has 2 nitrogen and oxygen atoms in total. The predicted molar refractivity (Wildman–Crippen MR) is 45.1 cm³/mol. The van der Waals surface area contributed by atoms with Gasteiger partial charge in [0.1, 0.15) is 0 Å². The highest BCUT2D eigenvalue weighted by atomic mass is 32.9. The lowest BCUT2D eigenvalue weighted by Crippen LogP contribution is -1.84. The van der Waals surface area contributed by atoms with E-state index in [0.717, 1.165) is 11.4 Å².